The van der Waals surface area contributed by atoms with Crippen LogP contribution in [0.5, 0.6) is 0 Å². The van der Waals surface area contributed by atoms with E-state index in [1.807, 2.05) is 0 Å². The molecule has 1 aromatic carbocycles. The first-order valence-corrected chi connectivity index (χ1v) is 5.63. The van der Waals surface area contributed by atoms with Gasteiger partial charge >= 0.3 is 0 Å². The fourth-order valence-electron chi connectivity index (χ4n) is 2.22. The van der Waals surface area contributed by atoms with Crippen molar-refractivity contribution in [1.29, 1.82) is 0 Å². The van der Waals surface area contributed by atoms with Crippen LogP contribution in [0.25, 0.3) is 0 Å². The van der Waals surface area contributed by atoms with Gasteiger partial charge in [0.05, 0.1) is 0 Å². The van der Waals surface area contributed by atoms with Crippen LogP contribution >= 0.6 is 0 Å². The topological polar surface area (TPSA) is 3.24 Å². The van der Waals surface area contributed by atoms with Crippen LogP contribution in [0.4, 0.5) is 0 Å². The largest absolute Gasteiger partial charge is 0.302 e. The van der Waals surface area contributed by atoms with Crippen molar-refractivity contribution in [3.05, 3.63) is 67.0 Å². The van der Waals surface area contributed by atoms with E-state index >= 15 is 0 Å². The van der Waals surface area contributed by atoms with Gasteiger partial charge in [-0.25, -0.2) is 0 Å². The molecule has 1 atom stereocenters. The first-order valence-electron chi connectivity index (χ1n) is 5.63. The second kappa shape index (κ2) is 5.01. The second-order valence-electron chi connectivity index (χ2n) is 4.44. The van der Waals surface area contributed by atoms with Gasteiger partial charge in [0.1, 0.15) is 0 Å². The molecule has 1 aliphatic rings. The summed E-state index contributed by atoms with van der Waals surface area (Å²) in [5.74, 6) is 1.36. The molecule has 0 saturated heterocycles. The van der Waals surface area contributed by atoms with E-state index in [-0.39, 0.29) is 0 Å². The third-order valence-electron chi connectivity index (χ3n) is 3.00. The standard InChI is InChI=1S/C15H18N/c1-12-8-4-7-11-14(12)15(16(2)3)13-9-5-6-10-13/h4-11,15H,1-3H3/t15-/m0/s1. The summed E-state index contributed by atoms with van der Waals surface area (Å²) in [6.45, 7) is 2.18. The Morgan fingerprint density at radius 1 is 1.00 bits per heavy atom. The molecule has 0 aliphatic heterocycles. The maximum absolute atomic E-state index is 2.26. The smallest absolute Gasteiger partial charge is 0.0412 e. The molecular formula is C15H18N. The molecule has 0 amide bonds. The van der Waals surface area contributed by atoms with Crippen LogP contribution in [0.2, 0.25) is 0 Å². The lowest BCUT2D eigenvalue weighted by Crippen LogP contribution is -2.26. The third-order valence-corrected chi connectivity index (χ3v) is 3.00. The molecule has 16 heavy (non-hydrogen) atoms. The van der Waals surface area contributed by atoms with Crippen LogP contribution in [-0.4, -0.2) is 19.0 Å². The Bertz CT molecular complexity index is 337. The Hall–Kier alpha value is -0.820. The lowest BCUT2D eigenvalue weighted by Gasteiger charge is -2.30. The van der Waals surface area contributed by atoms with E-state index in [0.29, 0.717) is 6.04 Å². The number of aryl methyl sites for hydroxylation is 1. The minimum Gasteiger partial charge on any atom is -0.302 e. The molecule has 1 nitrogen and oxygen atoms in total. The van der Waals surface area contributed by atoms with Gasteiger partial charge in [0.25, 0.3) is 0 Å². The van der Waals surface area contributed by atoms with Crippen molar-refractivity contribution in [1.82, 2.24) is 4.90 Å². The summed E-state index contributed by atoms with van der Waals surface area (Å²) in [5, 5.41) is 0. The van der Waals surface area contributed by atoms with Gasteiger partial charge in [0.15, 0.2) is 0 Å². The van der Waals surface area contributed by atoms with Crippen molar-refractivity contribution in [3.8, 4) is 0 Å². The van der Waals surface area contributed by atoms with Crippen LogP contribution in [0, 0.1) is 38.5 Å². The summed E-state index contributed by atoms with van der Waals surface area (Å²) in [4.78, 5) is 2.26. The summed E-state index contributed by atoms with van der Waals surface area (Å²) < 4.78 is 0. The minimum absolute atomic E-state index is 0.358. The Labute approximate surface area is 99.5 Å². The maximum atomic E-state index is 2.26. The zero-order valence-corrected chi connectivity index (χ0v) is 10.1. The zero-order chi connectivity index (χ0) is 11.5. The first-order chi connectivity index (χ1) is 7.70. The molecule has 0 aromatic heterocycles. The highest BCUT2D eigenvalue weighted by Crippen LogP contribution is 2.38. The Morgan fingerprint density at radius 3 is 2.19 bits per heavy atom. The normalized spacial score (nSPS) is 19.2. The molecule has 1 saturated carbocycles. The van der Waals surface area contributed by atoms with Crippen LogP contribution in [0.15, 0.2) is 24.3 Å². The molecule has 0 unspecified atom stereocenters. The van der Waals surface area contributed by atoms with E-state index in [2.05, 4.69) is 75.9 Å². The van der Waals surface area contributed by atoms with Crippen LogP contribution in [0.3, 0.4) is 0 Å². The molecule has 5 radical (unpaired) electrons. The summed E-state index contributed by atoms with van der Waals surface area (Å²) in [7, 11) is 4.26. The molecule has 0 spiro atoms. The van der Waals surface area contributed by atoms with Crippen LogP contribution in [-0.2, 0) is 0 Å². The van der Waals surface area contributed by atoms with Crippen molar-refractivity contribution in [2.75, 3.05) is 14.1 Å². The Morgan fingerprint density at radius 2 is 1.62 bits per heavy atom. The summed E-state index contributed by atoms with van der Waals surface area (Å²) in [5.41, 5.74) is 2.74. The van der Waals surface area contributed by atoms with Crippen molar-refractivity contribution in [2.24, 2.45) is 0 Å². The number of benzene rings is 1. The van der Waals surface area contributed by atoms with E-state index in [1.165, 1.54) is 17.0 Å². The van der Waals surface area contributed by atoms with E-state index in [9.17, 15) is 0 Å². The predicted molar refractivity (Wildman–Crippen MR) is 68.1 cm³/mol. The molecule has 0 heterocycles. The third kappa shape index (κ3) is 2.30. The molecule has 1 fully saturated rings. The number of nitrogens with zero attached hydrogens (tertiary/aromatic N) is 1. The SMILES string of the molecule is Cc1ccccc1[C@H]([C]1[CH][CH][CH][CH]1)N(C)C. The molecule has 1 aliphatic carbocycles. The number of rotatable bonds is 3. The average molecular weight is 212 g/mol. The molecule has 2 rings (SSSR count). The fraction of sp³-hybridized carbons (Fsp3) is 0.267. The van der Waals surface area contributed by atoms with Gasteiger partial charge < -0.3 is 4.90 Å². The zero-order valence-electron chi connectivity index (χ0n) is 10.1. The van der Waals surface area contributed by atoms with E-state index in [4.69, 9.17) is 0 Å². The lowest BCUT2D eigenvalue weighted by atomic mass is 9.88. The summed E-state index contributed by atoms with van der Waals surface area (Å²) >= 11 is 0. The van der Waals surface area contributed by atoms with Crippen LogP contribution in [0.1, 0.15) is 17.2 Å². The molecule has 1 aromatic rings. The minimum atomic E-state index is 0.358. The second-order valence-corrected chi connectivity index (χ2v) is 4.44. The maximum Gasteiger partial charge on any atom is 0.0412 e. The van der Waals surface area contributed by atoms with Gasteiger partial charge in [-0.2, -0.15) is 0 Å². The van der Waals surface area contributed by atoms with E-state index in [1.54, 1.807) is 0 Å². The van der Waals surface area contributed by atoms with Gasteiger partial charge in [0.2, 0.25) is 0 Å². The highest BCUT2D eigenvalue weighted by atomic mass is 15.1. The molecule has 0 N–H and O–H groups in total. The van der Waals surface area contributed by atoms with E-state index < -0.39 is 0 Å². The predicted octanol–water partition coefficient (Wildman–Crippen LogP) is 3.00. The van der Waals surface area contributed by atoms with Gasteiger partial charge in [-0.05, 0) is 57.8 Å². The molecule has 1 heteroatoms. The van der Waals surface area contributed by atoms with Gasteiger partial charge in [-0.1, -0.05) is 24.3 Å². The van der Waals surface area contributed by atoms with Crippen molar-refractivity contribution < 1.29 is 0 Å². The Kier molecular flexibility index (Phi) is 3.65. The van der Waals surface area contributed by atoms with Gasteiger partial charge in [-0.15, -0.1) is 0 Å². The molecule has 83 valence electrons. The van der Waals surface area contributed by atoms with Gasteiger partial charge in [-0.3, -0.25) is 0 Å². The average Bonchev–Trinajstić information content (AvgIpc) is 2.74. The van der Waals surface area contributed by atoms with Crippen molar-refractivity contribution in [3.63, 3.8) is 0 Å². The first kappa shape index (κ1) is 11.7. The lowest BCUT2D eigenvalue weighted by molar-refractivity contribution is 0.320. The Balaban J connectivity index is 2.28. The highest BCUT2D eigenvalue weighted by Gasteiger charge is 2.29. The quantitative estimate of drug-likeness (QED) is 0.744. The summed E-state index contributed by atoms with van der Waals surface area (Å²) in [6.07, 6.45) is 8.59. The van der Waals surface area contributed by atoms with Gasteiger partial charge in [0, 0.05) is 12.0 Å². The highest BCUT2D eigenvalue weighted by molar-refractivity contribution is 5.44. The molecule has 0 bridgehead atoms. The number of hydrogen-bond acceptors (Lipinski definition) is 1. The van der Waals surface area contributed by atoms with Crippen molar-refractivity contribution in [2.45, 2.75) is 13.0 Å². The fourth-order valence-corrected chi connectivity index (χ4v) is 2.22. The van der Waals surface area contributed by atoms with Crippen LogP contribution < -0.4 is 0 Å². The van der Waals surface area contributed by atoms with E-state index in [0.717, 1.165) is 0 Å². The van der Waals surface area contributed by atoms with Crippen molar-refractivity contribution >= 4 is 0 Å². The summed E-state index contributed by atoms with van der Waals surface area (Å²) in [6, 6.07) is 8.95. The number of hydrogen-bond donors (Lipinski definition) is 0. The monoisotopic (exact) mass is 212 g/mol. The molecular weight excluding hydrogens is 194 g/mol.